The topological polar surface area (TPSA) is 196 Å². The van der Waals surface area contributed by atoms with Crippen LogP contribution in [0.2, 0.25) is 0 Å². The summed E-state index contributed by atoms with van der Waals surface area (Å²) in [5.41, 5.74) is 5.31. The molecule has 0 aromatic heterocycles. The van der Waals surface area contributed by atoms with Crippen LogP contribution in [-0.4, -0.2) is 82.3 Å². The van der Waals surface area contributed by atoms with Gasteiger partial charge in [0.25, 0.3) is 0 Å². The molecule has 12 nitrogen and oxygen atoms in total. The lowest BCUT2D eigenvalue weighted by Crippen LogP contribution is -2.43. The quantitative estimate of drug-likeness (QED) is 0.184. The van der Waals surface area contributed by atoms with Crippen LogP contribution in [0.1, 0.15) is 59.8 Å². The third-order valence-electron chi connectivity index (χ3n) is 5.07. The third-order valence-corrected chi connectivity index (χ3v) is 5.07. The smallest absolute Gasteiger partial charge is 0.326 e. The average molecular weight is 487 g/mol. The molecule has 0 aromatic carbocycles. The Labute approximate surface area is 199 Å². The molecule has 0 aliphatic rings. The average Bonchev–Trinajstić information content (AvgIpc) is 2.75. The van der Waals surface area contributed by atoms with Gasteiger partial charge in [-0.05, 0) is 12.8 Å². The number of carboxylic acids is 2. The lowest BCUT2D eigenvalue weighted by Gasteiger charge is -2.25. The molecule has 0 aliphatic heterocycles. The Hall–Kier alpha value is -3.02. The highest BCUT2D eigenvalue weighted by molar-refractivity contribution is 5.85. The van der Waals surface area contributed by atoms with Gasteiger partial charge >= 0.3 is 11.9 Å². The van der Waals surface area contributed by atoms with Gasteiger partial charge in [-0.3, -0.25) is 24.0 Å². The SMILES string of the molecule is CC(C)C(=O)CCN(CCNC(=O)CC[C@@H](NC(=O)CC[C@@H](N)C(=O)O)C(=O)O)C(=O)C(C)C. The molecule has 3 amide bonds. The molecule has 194 valence electrons. The summed E-state index contributed by atoms with van der Waals surface area (Å²) in [4.78, 5) is 71.8. The summed E-state index contributed by atoms with van der Waals surface area (Å²) >= 11 is 0. The van der Waals surface area contributed by atoms with Crippen molar-refractivity contribution in [1.82, 2.24) is 15.5 Å². The van der Waals surface area contributed by atoms with E-state index in [1.807, 2.05) is 0 Å². The van der Waals surface area contributed by atoms with Gasteiger partial charge < -0.3 is 31.5 Å². The van der Waals surface area contributed by atoms with Gasteiger partial charge in [0.2, 0.25) is 17.7 Å². The molecule has 0 aromatic rings. The minimum atomic E-state index is -1.33. The number of rotatable bonds is 17. The summed E-state index contributed by atoms with van der Waals surface area (Å²) in [7, 11) is 0. The largest absolute Gasteiger partial charge is 0.480 e. The Morgan fingerprint density at radius 2 is 1.38 bits per heavy atom. The van der Waals surface area contributed by atoms with Crippen LogP contribution in [0.5, 0.6) is 0 Å². The van der Waals surface area contributed by atoms with Gasteiger partial charge in [0.05, 0.1) is 0 Å². The molecule has 0 bridgehead atoms. The predicted molar refractivity (Wildman–Crippen MR) is 123 cm³/mol. The number of nitrogens with zero attached hydrogens (tertiary/aromatic N) is 1. The fraction of sp³-hybridized carbons (Fsp3) is 0.727. The van der Waals surface area contributed by atoms with Gasteiger partial charge in [-0.1, -0.05) is 27.7 Å². The van der Waals surface area contributed by atoms with Crippen molar-refractivity contribution in [3.05, 3.63) is 0 Å². The van der Waals surface area contributed by atoms with Crippen LogP contribution < -0.4 is 16.4 Å². The number of nitrogens with two attached hydrogens (primary N) is 1. The van der Waals surface area contributed by atoms with Crippen molar-refractivity contribution >= 4 is 35.4 Å². The molecule has 12 heteroatoms. The van der Waals surface area contributed by atoms with Gasteiger partial charge in [-0.15, -0.1) is 0 Å². The maximum Gasteiger partial charge on any atom is 0.326 e. The molecule has 0 rings (SSSR count). The van der Waals surface area contributed by atoms with E-state index in [0.29, 0.717) is 0 Å². The van der Waals surface area contributed by atoms with Crippen LogP contribution in [0.25, 0.3) is 0 Å². The van der Waals surface area contributed by atoms with E-state index >= 15 is 0 Å². The summed E-state index contributed by atoms with van der Waals surface area (Å²) in [6, 6.07) is -2.55. The van der Waals surface area contributed by atoms with Crippen molar-refractivity contribution in [2.24, 2.45) is 17.6 Å². The Kier molecular flexibility index (Phi) is 14.4. The predicted octanol–water partition coefficient (Wildman–Crippen LogP) is -0.256. The minimum Gasteiger partial charge on any atom is -0.480 e. The highest BCUT2D eigenvalue weighted by atomic mass is 16.4. The Morgan fingerprint density at radius 3 is 1.88 bits per heavy atom. The van der Waals surface area contributed by atoms with Gasteiger partial charge in [0.15, 0.2) is 0 Å². The van der Waals surface area contributed by atoms with Crippen LogP contribution >= 0.6 is 0 Å². The molecule has 2 atom stereocenters. The molecular weight excluding hydrogens is 448 g/mol. The monoisotopic (exact) mass is 486 g/mol. The lowest BCUT2D eigenvalue weighted by atomic mass is 10.1. The second-order valence-corrected chi connectivity index (χ2v) is 8.68. The minimum absolute atomic E-state index is 0.0392. The standard InChI is InChI=1S/C22H38N4O8/c1-13(2)17(27)9-11-26(20(30)14(3)4)12-10-24-18(28)8-6-16(22(33)34)25-19(29)7-5-15(23)21(31)32/h13-16H,5-12,23H2,1-4H3,(H,24,28)(H,25,29)(H,31,32)(H,33,34)/t15-,16-/m1/s1. The summed E-state index contributed by atoms with van der Waals surface area (Å²) in [6.07, 6.45) is -0.544. The van der Waals surface area contributed by atoms with Crippen molar-refractivity contribution in [3.63, 3.8) is 0 Å². The molecule has 34 heavy (non-hydrogen) atoms. The van der Waals surface area contributed by atoms with Crippen LogP contribution in [0.4, 0.5) is 0 Å². The number of amides is 3. The number of Topliss-reactive ketones (excluding diaryl/α,β-unsaturated/α-hetero) is 1. The Balaban J connectivity index is 4.60. The number of nitrogens with one attached hydrogen (secondary N) is 2. The van der Waals surface area contributed by atoms with Crippen LogP contribution in [0.15, 0.2) is 0 Å². The number of hydrogen-bond donors (Lipinski definition) is 5. The second-order valence-electron chi connectivity index (χ2n) is 8.68. The van der Waals surface area contributed by atoms with E-state index in [2.05, 4.69) is 10.6 Å². The third kappa shape index (κ3) is 12.9. The summed E-state index contributed by atoms with van der Waals surface area (Å²) < 4.78 is 0. The molecule has 0 unspecified atom stereocenters. The van der Waals surface area contributed by atoms with Gasteiger partial charge in [-0.2, -0.15) is 0 Å². The fourth-order valence-corrected chi connectivity index (χ4v) is 2.86. The highest BCUT2D eigenvalue weighted by Gasteiger charge is 2.23. The molecule has 0 fully saturated rings. The van der Waals surface area contributed by atoms with Crippen molar-refractivity contribution < 1.29 is 39.0 Å². The lowest BCUT2D eigenvalue weighted by molar-refractivity contribution is -0.143. The molecule has 0 saturated carbocycles. The number of aliphatic carboxylic acids is 2. The van der Waals surface area contributed by atoms with Gasteiger partial charge in [0.1, 0.15) is 17.9 Å². The Morgan fingerprint density at radius 1 is 0.794 bits per heavy atom. The van der Waals surface area contributed by atoms with Gasteiger partial charge in [-0.25, -0.2) is 4.79 Å². The van der Waals surface area contributed by atoms with Crippen LogP contribution in [0, 0.1) is 11.8 Å². The molecule has 0 radical (unpaired) electrons. The van der Waals surface area contributed by atoms with E-state index in [-0.39, 0.29) is 75.3 Å². The van der Waals surface area contributed by atoms with E-state index in [0.717, 1.165) is 0 Å². The molecule has 6 N–H and O–H groups in total. The summed E-state index contributed by atoms with van der Waals surface area (Å²) in [5, 5.41) is 22.9. The van der Waals surface area contributed by atoms with E-state index in [9.17, 15) is 33.9 Å². The number of ketones is 1. The number of carboxylic acid groups (broad SMARTS) is 2. The molecule has 0 heterocycles. The molecular formula is C22H38N4O8. The van der Waals surface area contributed by atoms with Crippen LogP contribution in [0.3, 0.4) is 0 Å². The highest BCUT2D eigenvalue weighted by Crippen LogP contribution is 2.06. The number of hydrogen-bond acceptors (Lipinski definition) is 7. The zero-order valence-corrected chi connectivity index (χ0v) is 20.3. The van der Waals surface area contributed by atoms with E-state index < -0.39 is 35.8 Å². The Bertz CT molecular complexity index is 738. The van der Waals surface area contributed by atoms with E-state index in [1.54, 1.807) is 27.7 Å². The first-order valence-electron chi connectivity index (χ1n) is 11.3. The van der Waals surface area contributed by atoms with Crippen molar-refractivity contribution in [2.75, 3.05) is 19.6 Å². The van der Waals surface area contributed by atoms with E-state index in [4.69, 9.17) is 10.8 Å². The molecule has 0 aliphatic carbocycles. The van der Waals surface area contributed by atoms with E-state index in [1.165, 1.54) is 4.90 Å². The normalized spacial score (nSPS) is 12.7. The first-order chi connectivity index (χ1) is 15.8. The summed E-state index contributed by atoms with van der Waals surface area (Å²) in [5.74, 6) is -4.22. The number of carbonyl (C=O) groups is 6. The maximum atomic E-state index is 12.4. The van der Waals surface area contributed by atoms with Crippen LogP contribution in [-0.2, 0) is 28.8 Å². The molecule has 0 spiro atoms. The zero-order valence-electron chi connectivity index (χ0n) is 20.3. The first kappa shape index (κ1) is 31.0. The first-order valence-corrected chi connectivity index (χ1v) is 11.3. The number of carbonyl (C=O) groups excluding carboxylic acids is 4. The van der Waals surface area contributed by atoms with Crippen molar-refractivity contribution in [1.29, 1.82) is 0 Å². The maximum absolute atomic E-state index is 12.4. The van der Waals surface area contributed by atoms with Crippen molar-refractivity contribution in [2.45, 2.75) is 71.9 Å². The van der Waals surface area contributed by atoms with Gasteiger partial charge in [0, 0.05) is 50.7 Å². The second kappa shape index (κ2) is 15.8. The molecule has 0 saturated heterocycles. The van der Waals surface area contributed by atoms with Crippen molar-refractivity contribution in [3.8, 4) is 0 Å². The summed E-state index contributed by atoms with van der Waals surface area (Å²) in [6.45, 7) is 7.65. The fourth-order valence-electron chi connectivity index (χ4n) is 2.86. The zero-order chi connectivity index (χ0) is 26.4.